The highest BCUT2D eigenvalue weighted by Gasteiger charge is 2.20. The third-order valence-electron chi connectivity index (χ3n) is 1.59. The van der Waals surface area contributed by atoms with E-state index >= 15 is 0 Å². The number of hydrogen-bond donors (Lipinski definition) is 1. The summed E-state index contributed by atoms with van der Waals surface area (Å²) >= 11 is 0. The Labute approximate surface area is 74.7 Å². The monoisotopic (exact) mass is 167 g/mol. The van der Waals surface area contributed by atoms with Gasteiger partial charge in [0.05, 0.1) is 0 Å². The number of hydrogen-bond acceptors (Lipinski definition) is 1. The van der Waals surface area contributed by atoms with E-state index in [1.165, 1.54) is 0 Å². The molecule has 0 atom stereocenters. The Morgan fingerprint density at radius 3 is 2.58 bits per heavy atom. The summed E-state index contributed by atoms with van der Waals surface area (Å²) in [5.41, 5.74) is -0.0754. The Morgan fingerprint density at radius 1 is 1.58 bits per heavy atom. The summed E-state index contributed by atoms with van der Waals surface area (Å²) in [6, 6.07) is 0. The molecule has 0 radical (unpaired) electrons. The minimum Gasteiger partial charge on any atom is -0.356 e. The van der Waals surface area contributed by atoms with E-state index in [1.54, 1.807) is 0 Å². The summed E-state index contributed by atoms with van der Waals surface area (Å²) in [6.07, 6.45) is 6.33. The van der Waals surface area contributed by atoms with Crippen molar-refractivity contribution in [3.63, 3.8) is 0 Å². The van der Waals surface area contributed by atoms with Gasteiger partial charge in [0, 0.05) is 19.4 Å². The lowest BCUT2D eigenvalue weighted by molar-refractivity contribution is -0.122. The van der Waals surface area contributed by atoms with Crippen molar-refractivity contribution in [2.45, 2.75) is 33.6 Å². The number of carbonyl (C=O) groups is 1. The molecule has 2 nitrogen and oxygen atoms in total. The molecule has 0 spiro atoms. The van der Waals surface area contributed by atoms with Crippen LogP contribution in [0.25, 0.3) is 0 Å². The fourth-order valence-corrected chi connectivity index (χ4v) is 1.03. The van der Waals surface area contributed by atoms with Crippen LogP contribution in [0.5, 0.6) is 0 Å². The number of carbonyl (C=O) groups excluding carboxylic acids is 1. The lowest BCUT2D eigenvalue weighted by Gasteiger charge is -2.20. The first kappa shape index (κ1) is 11.0. The molecule has 0 aromatic heterocycles. The summed E-state index contributed by atoms with van der Waals surface area (Å²) < 4.78 is 0. The van der Waals surface area contributed by atoms with Crippen LogP contribution in [0.2, 0.25) is 0 Å². The van der Waals surface area contributed by atoms with Crippen LogP contribution in [-0.2, 0) is 4.79 Å². The number of nitrogens with one attached hydrogen (secondary N) is 1. The lowest BCUT2D eigenvalue weighted by atomic mass is 9.86. The van der Waals surface area contributed by atoms with E-state index in [4.69, 9.17) is 6.42 Å². The zero-order chi connectivity index (χ0) is 9.61. The summed E-state index contributed by atoms with van der Waals surface area (Å²) in [7, 11) is 0. The molecule has 1 N–H and O–H groups in total. The Kier molecular flexibility index (Phi) is 4.43. The van der Waals surface area contributed by atoms with E-state index in [-0.39, 0.29) is 11.3 Å². The van der Waals surface area contributed by atoms with Crippen molar-refractivity contribution in [2.24, 2.45) is 5.41 Å². The second kappa shape index (κ2) is 4.82. The largest absolute Gasteiger partial charge is 0.356 e. The molecule has 0 aromatic rings. The molecule has 12 heavy (non-hydrogen) atoms. The lowest BCUT2D eigenvalue weighted by Crippen LogP contribution is -2.28. The topological polar surface area (TPSA) is 29.1 Å². The van der Waals surface area contributed by atoms with E-state index < -0.39 is 0 Å². The second-order valence-corrected chi connectivity index (χ2v) is 3.68. The summed E-state index contributed by atoms with van der Waals surface area (Å²) in [6.45, 7) is 6.60. The van der Waals surface area contributed by atoms with Gasteiger partial charge in [-0.1, -0.05) is 13.8 Å². The molecule has 0 aliphatic rings. The number of terminal acetylenes is 1. The van der Waals surface area contributed by atoms with Crippen LogP contribution in [0.15, 0.2) is 0 Å². The van der Waals surface area contributed by atoms with Crippen LogP contribution in [0.3, 0.4) is 0 Å². The van der Waals surface area contributed by atoms with Crippen LogP contribution in [-0.4, -0.2) is 12.5 Å². The van der Waals surface area contributed by atoms with Crippen LogP contribution in [0, 0.1) is 17.8 Å². The molecule has 0 unspecified atom stereocenters. The van der Waals surface area contributed by atoms with Crippen LogP contribution in [0.1, 0.15) is 33.6 Å². The Balaban J connectivity index is 3.89. The molecule has 0 saturated heterocycles. The Morgan fingerprint density at radius 2 is 2.17 bits per heavy atom. The average molecular weight is 167 g/mol. The molecule has 0 fully saturated rings. The summed E-state index contributed by atoms with van der Waals surface area (Å²) in [5, 5.41) is 2.75. The molecule has 68 valence electrons. The quantitative estimate of drug-likeness (QED) is 0.632. The van der Waals surface area contributed by atoms with Gasteiger partial charge in [-0.05, 0) is 12.3 Å². The molecule has 0 bridgehead atoms. The highest BCUT2D eigenvalue weighted by Crippen LogP contribution is 2.23. The average Bonchev–Trinajstić information content (AvgIpc) is 1.85. The molecule has 0 rings (SSSR count). The van der Waals surface area contributed by atoms with Crippen LogP contribution >= 0.6 is 0 Å². The van der Waals surface area contributed by atoms with E-state index in [1.807, 2.05) is 20.8 Å². The van der Waals surface area contributed by atoms with Crippen molar-refractivity contribution < 1.29 is 4.79 Å². The highest BCUT2D eigenvalue weighted by molar-refractivity contribution is 5.76. The zero-order valence-electron chi connectivity index (χ0n) is 8.11. The standard InChI is InChI=1S/C10H17NO/c1-5-7-10(3,4)8-9(12)11-6-2/h1H,6-8H2,2-4H3,(H,11,12). The molecule has 0 aromatic carbocycles. The normalized spacial score (nSPS) is 10.5. The summed E-state index contributed by atoms with van der Waals surface area (Å²) in [4.78, 5) is 11.2. The molecule has 0 saturated carbocycles. The van der Waals surface area contributed by atoms with Gasteiger partial charge in [0.1, 0.15) is 0 Å². The van der Waals surface area contributed by atoms with Gasteiger partial charge in [0.25, 0.3) is 0 Å². The molecule has 1 amide bonds. The Bertz CT molecular complexity index is 189. The van der Waals surface area contributed by atoms with Gasteiger partial charge in [0.2, 0.25) is 5.91 Å². The third kappa shape index (κ3) is 4.79. The van der Waals surface area contributed by atoms with Gasteiger partial charge in [-0.15, -0.1) is 12.3 Å². The molecule has 2 heteroatoms. The van der Waals surface area contributed by atoms with Crippen molar-refractivity contribution in [3.8, 4) is 12.3 Å². The van der Waals surface area contributed by atoms with Crippen molar-refractivity contribution in [3.05, 3.63) is 0 Å². The van der Waals surface area contributed by atoms with E-state index in [0.717, 1.165) is 0 Å². The third-order valence-corrected chi connectivity index (χ3v) is 1.59. The fraction of sp³-hybridized carbons (Fsp3) is 0.700. The molecular formula is C10H17NO. The molecular weight excluding hydrogens is 150 g/mol. The SMILES string of the molecule is C#CCC(C)(C)CC(=O)NCC. The molecule has 0 aliphatic carbocycles. The first-order valence-corrected chi connectivity index (χ1v) is 4.22. The highest BCUT2D eigenvalue weighted by atomic mass is 16.1. The van der Waals surface area contributed by atoms with Gasteiger partial charge in [-0.25, -0.2) is 0 Å². The van der Waals surface area contributed by atoms with Gasteiger partial charge in [-0.2, -0.15) is 0 Å². The van der Waals surface area contributed by atoms with Crippen molar-refractivity contribution in [2.75, 3.05) is 6.54 Å². The maximum atomic E-state index is 11.2. The summed E-state index contributed by atoms with van der Waals surface area (Å²) in [5.74, 6) is 2.66. The van der Waals surface area contributed by atoms with Gasteiger partial charge >= 0.3 is 0 Å². The van der Waals surface area contributed by atoms with Crippen molar-refractivity contribution in [1.29, 1.82) is 0 Å². The minimum absolute atomic E-state index is 0.0754. The molecule has 0 heterocycles. The van der Waals surface area contributed by atoms with Crippen molar-refractivity contribution >= 4 is 5.91 Å². The minimum atomic E-state index is -0.0754. The fourth-order valence-electron chi connectivity index (χ4n) is 1.03. The van der Waals surface area contributed by atoms with E-state index in [0.29, 0.717) is 19.4 Å². The van der Waals surface area contributed by atoms with Crippen LogP contribution < -0.4 is 5.32 Å². The smallest absolute Gasteiger partial charge is 0.220 e. The Hall–Kier alpha value is -0.970. The predicted octanol–water partition coefficient (Wildman–Crippen LogP) is 1.56. The van der Waals surface area contributed by atoms with E-state index in [2.05, 4.69) is 11.2 Å². The number of amides is 1. The molecule has 0 aliphatic heterocycles. The number of rotatable bonds is 4. The van der Waals surface area contributed by atoms with E-state index in [9.17, 15) is 4.79 Å². The van der Waals surface area contributed by atoms with Gasteiger partial charge in [-0.3, -0.25) is 4.79 Å². The predicted molar refractivity (Wildman–Crippen MR) is 50.5 cm³/mol. The first-order valence-electron chi connectivity index (χ1n) is 4.22. The second-order valence-electron chi connectivity index (χ2n) is 3.68. The van der Waals surface area contributed by atoms with Gasteiger partial charge in [0.15, 0.2) is 0 Å². The first-order chi connectivity index (χ1) is 5.52. The van der Waals surface area contributed by atoms with Crippen molar-refractivity contribution in [1.82, 2.24) is 5.32 Å². The maximum absolute atomic E-state index is 11.2. The van der Waals surface area contributed by atoms with Gasteiger partial charge < -0.3 is 5.32 Å². The van der Waals surface area contributed by atoms with Crippen LogP contribution in [0.4, 0.5) is 0 Å². The zero-order valence-corrected chi connectivity index (χ0v) is 8.11. The maximum Gasteiger partial charge on any atom is 0.220 e.